The van der Waals surface area contributed by atoms with E-state index < -0.39 is 6.10 Å². The molecule has 7 heteroatoms. The molecule has 0 radical (unpaired) electrons. The summed E-state index contributed by atoms with van der Waals surface area (Å²) in [5, 5.41) is 11.1. The SMILES string of the molecule is COc1ccc(OCC(O)CN2CCC(N(C(=O)c3ccc(Cl)cc3)c3ccccc3)CC2)cc1. The first-order chi connectivity index (χ1) is 17.0. The number of benzene rings is 3. The van der Waals surface area contributed by atoms with Crippen LogP contribution in [0.15, 0.2) is 78.9 Å². The van der Waals surface area contributed by atoms with Crippen molar-refractivity contribution >= 4 is 23.2 Å². The summed E-state index contributed by atoms with van der Waals surface area (Å²) in [6.07, 6.45) is 1.04. The molecule has 35 heavy (non-hydrogen) atoms. The molecule has 0 aromatic heterocycles. The molecule has 1 atom stereocenters. The number of aliphatic hydroxyl groups excluding tert-OH is 1. The van der Waals surface area contributed by atoms with Crippen LogP contribution in [0.1, 0.15) is 23.2 Å². The number of methoxy groups -OCH3 is 1. The van der Waals surface area contributed by atoms with Crippen molar-refractivity contribution in [2.75, 3.05) is 38.3 Å². The zero-order valence-corrected chi connectivity index (χ0v) is 20.6. The molecule has 0 bridgehead atoms. The second-order valence-corrected chi connectivity index (χ2v) is 9.13. The van der Waals surface area contributed by atoms with E-state index >= 15 is 0 Å². The largest absolute Gasteiger partial charge is 0.497 e. The van der Waals surface area contributed by atoms with Gasteiger partial charge in [-0.05, 0) is 73.5 Å². The number of halogens is 1. The summed E-state index contributed by atoms with van der Waals surface area (Å²) in [4.78, 5) is 17.6. The summed E-state index contributed by atoms with van der Waals surface area (Å²) < 4.78 is 10.9. The number of hydrogen-bond acceptors (Lipinski definition) is 5. The third kappa shape index (κ3) is 6.75. The monoisotopic (exact) mass is 494 g/mol. The first kappa shape index (κ1) is 25.0. The topological polar surface area (TPSA) is 62.2 Å². The second-order valence-electron chi connectivity index (χ2n) is 8.69. The lowest BCUT2D eigenvalue weighted by atomic mass is 10.0. The van der Waals surface area contributed by atoms with Gasteiger partial charge in [0.1, 0.15) is 24.2 Å². The third-order valence-corrected chi connectivity index (χ3v) is 6.49. The Kier molecular flexibility index (Phi) is 8.64. The Labute approximate surface area is 211 Å². The van der Waals surface area contributed by atoms with Crippen molar-refractivity contribution in [1.29, 1.82) is 0 Å². The number of anilines is 1. The maximum atomic E-state index is 13.5. The Balaban J connectivity index is 1.34. The number of rotatable bonds is 9. The summed E-state index contributed by atoms with van der Waals surface area (Å²) in [6, 6.07) is 24.2. The van der Waals surface area contributed by atoms with Crippen LogP contribution >= 0.6 is 11.6 Å². The van der Waals surface area contributed by atoms with E-state index in [2.05, 4.69) is 4.90 Å². The molecule has 1 amide bonds. The minimum atomic E-state index is -0.602. The lowest BCUT2D eigenvalue weighted by molar-refractivity contribution is 0.0586. The molecule has 1 N–H and O–H groups in total. The van der Waals surface area contributed by atoms with E-state index in [0.717, 1.165) is 37.4 Å². The Morgan fingerprint density at radius 2 is 1.63 bits per heavy atom. The van der Waals surface area contributed by atoms with Gasteiger partial charge in [-0.3, -0.25) is 4.79 Å². The van der Waals surface area contributed by atoms with Gasteiger partial charge in [0, 0.05) is 41.9 Å². The number of likely N-dealkylation sites (tertiary alicyclic amines) is 1. The van der Waals surface area contributed by atoms with E-state index in [4.69, 9.17) is 21.1 Å². The lowest BCUT2D eigenvalue weighted by Crippen LogP contribution is -2.49. The van der Waals surface area contributed by atoms with Crippen LogP contribution in [0.3, 0.4) is 0 Å². The highest BCUT2D eigenvalue weighted by atomic mass is 35.5. The van der Waals surface area contributed by atoms with E-state index in [9.17, 15) is 9.90 Å². The average molecular weight is 495 g/mol. The third-order valence-electron chi connectivity index (χ3n) is 6.24. The first-order valence-corrected chi connectivity index (χ1v) is 12.2. The van der Waals surface area contributed by atoms with Crippen LogP contribution in [-0.2, 0) is 0 Å². The number of carbonyl (C=O) groups is 1. The van der Waals surface area contributed by atoms with Gasteiger partial charge in [-0.15, -0.1) is 0 Å². The molecule has 0 aliphatic carbocycles. The summed E-state index contributed by atoms with van der Waals surface area (Å²) in [7, 11) is 1.62. The average Bonchev–Trinajstić information content (AvgIpc) is 2.90. The van der Waals surface area contributed by atoms with Gasteiger partial charge < -0.3 is 24.4 Å². The number of amides is 1. The molecule has 3 aromatic carbocycles. The van der Waals surface area contributed by atoms with E-state index in [0.29, 0.717) is 22.9 Å². The minimum Gasteiger partial charge on any atom is -0.497 e. The molecule has 1 fully saturated rings. The standard InChI is InChI=1S/C28H31ClN2O4/c1-34-26-11-13-27(14-12-26)35-20-25(32)19-30-17-15-24(16-18-30)31(23-5-3-2-4-6-23)28(33)21-7-9-22(29)10-8-21/h2-14,24-25,32H,15-20H2,1H3. The highest BCUT2D eigenvalue weighted by Crippen LogP contribution is 2.26. The normalized spacial score (nSPS) is 15.4. The van der Waals surface area contributed by atoms with Crippen molar-refractivity contribution in [2.24, 2.45) is 0 Å². The Morgan fingerprint density at radius 3 is 2.26 bits per heavy atom. The number of carbonyl (C=O) groups excluding carboxylic acids is 1. The van der Waals surface area contributed by atoms with E-state index in [-0.39, 0.29) is 18.6 Å². The zero-order valence-electron chi connectivity index (χ0n) is 19.8. The molecule has 0 spiro atoms. The molecule has 1 aliphatic heterocycles. The molecule has 3 aromatic rings. The van der Waals surface area contributed by atoms with Crippen LogP contribution in [0.2, 0.25) is 5.02 Å². The van der Waals surface area contributed by atoms with Gasteiger partial charge >= 0.3 is 0 Å². The highest BCUT2D eigenvalue weighted by Gasteiger charge is 2.30. The lowest BCUT2D eigenvalue weighted by Gasteiger charge is -2.39. The fourth-order valence-corrected chi connectivity index (χ4v) is 4.52. The molecule has 1 saturated heterocycles. The second kappa shape index (κ2) is 12.1. The molecule has 1 unspecified atom stereocenters. The van der Waals surface area contributed by atoms with E-state index in [1.165, 1.54) is 0 Å². The van der Waals surface area contributed by atoms with Crippen molar-refractivity contribution in [2.45, 2.75) is 25.0 Å². The van der Waals surface area contributed by atoms with Gasteiger partial charge in [-0.1, -0.05) is 29.8 Å². The van der Waals surface area contributed by atoms with Gasteiger partial charge in [0.2, 0.25) is 0 Å². The van der Waals surface area contributed by atoms with Crippen molar-refractivity contribution in [3.63, 3.8) is 0 Å². The number of β-amino-alcohol motifs (C(OH)–C–C–N with tert-alkyl or cyclic N) is 1. The number of para-hydroxylation sites is 1. The molecule has 1 aliphatic rings. The Bertz CT molecular complexity index is 1070. The van der Waals surface area contributed by atoms with Crippen LogP contribution < -0.4 is 14.4 Å². The molecule has 4 rings (SSSR count). The predicted molar refractivity (Wildman–Crippen MR) is 139 cm³/mol. The quantitative estimate of drug-likeness (QED) is 0.458. The smallest absolute Gasteiger partial charge is 0.258 e. The Morgan fingerprint density at radius 1 is 1.00 bits per heavy atom. The summed E-state index contributed by atoms with van der Waals surface area (Å²) in [6.45, 7) is 2.33. The number of piperidine rings is 1. The maximum absolute atomic E-state index is 13.5. The summed E-state index contributed by atoms with van der Waals surface area (Å²) in [5.41, 5.74) is 1.51. The number of aliphatic hydroxyl groups is 1. The number of nitrogens with zero attached hydrogens (tertiary/aromatic N) is 2. The summed E-state index contributed by atoms with van der Waals surface area (Å²) in [5.74, 6) is 1.43. The van der Waals surface area contributed by atoms with Gasteiger partial charge in [0.15, 0.2) is 0 Å². The minimum absolute atomic E-state index is 0.0285. The molecule has 0 saturated carbocycles. The van der Waals surface area contributed by atoms with Crippen LogP contribution in [0.25, 0.3) is 0 Å². The van der Waals surface area contributed by atoms with Crippen molar-refractivity contribution in [3.8, 4) is 11.5 Å². The molecule has 6 nitrogen and oxygen atoms in total. The highest BCUT2D eigenvalue weighted by molar-refractivity contribution is 6.30. The summed E-state index contributed by atoms with van der Waals surface area (Å²) >= 11 is 6.02. The first-order valence-electron chi connectivity index (χ1n) is 11.8. The molecular weight excluding hydrogens is 464 g/mol. The van der Waals surface area contributed by atoms with Gasteiger partial charge in [-0.25, -0.2) is 0 Å². The fourth-order valence-electron chi connectivity index (χ4n) is 4.39. The van der Waals surface area contributed by atoms with Gasteiger partial charge in [-0.2, -0.15) is 0 Å². The Hall–Kier alpha value is -3.06. The van der Waals surface area contributed by atoms with Crippen LogP contribution in [-0.4, -0.2) is 61.4 Å². The van der Waals surface area contributed by atoms with Crippen molar-refractivity contribution < 1.29 is 19.4 Å². The molecular formula is C28H31ClN2O4. The van der Waals surface area contributed by atoms with Crippen LogP contribution in [0, 0.1) is 0 Å². The van der Waals surface area contributed by atoms with Gasteiger partial charge in [0.25, 0.3) is 5.91 Å². The zero-order chi connectivity index (χ0) is 24.6. The maximum Gasteiger partial charge on any atom is 0.258 e. The molecule has 1 heterocycles. The fraction of sp³-hybridized carbons (Fsp3) is 0.321. The number of hydrogen-bond donors (Lipinski definition) is 1. The van der Waals surface area contributed by atoms with E-state index in [1.54, 1.807) is 31.4 Å². The van der Waals surface area contributed by atoms with E-state index in [1.807, 2.05) is 59.5 Å². The van der Waals surface area contributed by atoms with Crippen molar-refractivity contribution in [1.82, 2.24) is 4.90 Å². The van der Waals surface area contributed by atoms with Crippen LogP contribution in [0.5, 0.6) is 11.5 Å². The van der Waals surface area contributed by atoms with Gasteiger partial charge in [0.05, 0.1) is 7.11 Å². The van der Waals surface area contributed by atoms with Crippen molar-refractivity contribution in [3.05, 3.63) is 89.4 Å². The number of ether oxygens (including phenoxy) is 2. The molecule has 184 valence electrons. The predicted octanol–water partition coefficient (Wildman–Crippen LogP) is 4.90. The van der Waals surface area contributed by atoms with Crippen LogP contribution in [0.4, 0.5) is 5.69 Å².